The summed E-state index contributed by atoms with van der Waals surface area (Å²) in [5.74, 6) is -0.943. The molecule has 126 valence electrons. The molecule has 0 radical (unpaired) electrons. The number of methoxy groups -OCH3 is 1. The van der Waals surface area contributed by atoms with Crippen LogP contribution >= 0.6 is 0 Å². The van der Waals surface area contributed by atoms with Gasteiger partial charge in [-0.05, 0) is 17.7 Å². The number of hydrogen-bond donors (Lipinski definition) is 1. The zero-order valence-corrected chi connectivity index (χ0v) is 13.0. The van der Waals surface area contributed by atoms with Crippen LogP contribution < -0.4 is 0 Å². The van der Waals surface area contributed by atoms with Gasteiger partial charge in [0.15, 0.2) is 0 Å². The molecule has 11 heteroatoms. The highest BCUT2D eigenvalue weighted by molar-refractivity contribution is 5.99. The standard InChI is InChI=1S/C14H12N8O3/c1-25-14(24)12-3-10(4-19-21-6-15-16-7-21)2-11(13(12)23)5-20-22-8-17-18-9-22/h2-9,23H,1H3/b19-4+,20-5+. The Morgan fingerprint density at radius 1 is 1.04 bits per heavy atom. The molecule has 0 aliphatic rings. The van der Waals surface area contributed by atoms with Gasteiger partial charge in [-0.25, -0.2) is 14.1 Å². The molecule has 0 fully saturated rings. The Balaban J connectivity index is 2.00. The molecule has 0 saturated heterocycles. The molecule has 0 atom stereocenters. The minimum absolute atomic E-state index is 0.0135. The van der Waals surface area contributed by atoms with E-state index in [-0.39, 0.29) is 11.3 Å². The van der Waals surface area contributed by atoms with Crippen LogP contribution in [0.2, 0.25) is 0 Å². The summed E-state index contributed by atoms with van der Waals surface area (Å²) in [5.41, 5.74) is 0.819. The molecule has 3 rings (SSSR count). The van der Waals surface area contributed by atoms with E-state index in [4.69, 9.17) is 0 Å². The van der Waals surface area contributed by atoms with E-state index in [1.54, 1.807) is 6.07 Å². The first kappa shape index (κ1) is 16.0. The summed E-state index contributed by atoms with van der Waals surface area (Å²) in [5, 5.41) is 33.0. The topological polar surface area (TPSA) is 133 Å². The fraction of sp³-hybridized carbons (Fsp3) is 0.0714. The molecule has 0 spiro atoms. The Kier molecular flexibility index (Phi) is 4.55. The molecule has 0 aliphatic heterocycles. The quantitative estimate of drug-likeness (QED) is 0.515. The van der Waals surface area contributed by atoms with Crippen molar-refractivity contribution in [1.29, 1.82) is 0 Å². The highest BCUT2D eigenvalue weighted by Crippen LogP contribution is 2.24. The van der Waals surface area contributed by atoms with Gasteiger partial charge in [0.2, 0.25) is 0 Å². The third kappa shape index (κ3) is 3.72. The molecule has 0 aliphatic carbocycles. The van der Waals surface area contributed by atoms with Crippen molar-refractivity contribution in [2.45, 2.75) is 0 Å². The van der Waals surface area contributed by atoms with Crippen molar-refractivity contribution in [3.63, 3.8) is 0 Å². The number of phenolic OH excluding ortho intramolecular Hbond substituents is 1. The van der Waals surface area contributed by atoms with Gasteiger partial charge in [0.25, 0.3) is 0 Å². The molecule has 2 heterocycles. The summed E-state index contributed by atoms with van der Waals surface area (Å²) in [6.07, 6.45) is 8.42. The maximum atomic E-state index is 11.9. The normalized spacial score (nSPS) is 11.4. The van der Waals surface area contributed by atoms with Crippen LogP contribution in [-0.2, 0) is 4.74 Å². The van der Waals surface area contributed by atoms with Crippen LogP contribution in [-0.4, -0.2) is 60.4 Å². The molecule has 25 heavy (non-hydrogen) atoms. The van der Waals surface area contributed by atoms with Crippen LogP contribution in [0, 0.1) is 0 Å². The average molecular weight is 340 g/mol. The van der Waals surface area contributed by atoms with Crippen molar-refractivity contribution in [3.8, 4) is 5.75 Å². The van der Waals surface area contributed by atoms with Gasteiger partial charge in [0, 0.05) is 5.56 Å². The lowest BCUT2D eigenvalue weighted by molar-refractivity contribution is 0.0597. The molecule has 3 aromatic rings. The van der Waals surface area contributed by atoms with Crippen molar-refractivity contribution < 1.29 is 14.6 Å². The summed E-state index contributed by atoms with van der Waals surface area (Å²) in [4.78, 5) is 11.9. The second-order valence-electron chi connectivity index (χ2n) is 4.67. The van der Waals surface area contributed by atoms with Crippen LogP contribution in [0.5, 0.6) is 5.75 Å². The maximum Gasteiger partial charge on any atom is 0.341 e. The maximum absolute atomic E-state index is 11.9. The van der Waals surface area contributed by atoms with E-state index in [1.807, 2.05) is 0 Å². The number of rotatable bonds is 5. The van der Waals surface area contributed by atoms with E-state index in [1.165, 1.54) is 60.3 Å². The van der Waals surface area contributed by atoms with Crippen molar-refractivity contribution in [2.24, 2.45) is 10.2 Å². The number of carbonyl (C=O) groups excluding carboxylic acids is 1. The van der Waals surface area contributed by atoms with Crippen LogP contribution in [0.3, 0.4) is 0 Å². The minimum atomic E-state index is -0.684. The molecule has 0 unspecified atom stereocenters. The summed E-state index contributed by atoms with van der Waals surface area (Å²) in [6, 6.07) is 3.05. The SMILES string of the molecule is COC(=O)c1cc(/C=N/n2cnnc2)cc(/C=N/n2cnnc2)c1O. The Hall–Kier alpha value is -3.89. The van der Waals surface area contributed by atoms with Crippen molar-refractivity contribution >= 4 is 18.4 Å². The first-order chi connectivity index (χ1) is 12.2. The number of aromatic nitrogens is 6. The number of esters is 1. The van der Waals surface area contributed by atoms with E-state index >= 15 is 0 Å². The van der Waals surface area contributed by atoms with Gasteiger partial charge in [-0.1, -0.05) is 0 Å². The van der Waals surface area contributed by atoms with Gasteiger partial charge < -0.3 is 9.84 Å². The van der Waals surface area contributed by atoms with Gasteiger partial charge in [0.1, 0.15) is 36.6 Å². The highest BCUT2D eigenvalue weighted by Gasteiger charge is 2.16. The lowest BCUT2D eigenvalue weighted by atomic mass is 10.0. The first-order valence-corrected chi connectivity index (χ1v) is 6.90. The van der Waals surface area contributed by atoms with Crippen molar-refractivity contribution in [2.75, 3.05) is 7.11 Å². The van der Waals surface area contributed by atoms with Gasteiger partial charge in [-0.3, -0.25) is 0 Å². The molecule has 2 aromatic heterocycles. The average Bonchev–Trinajstić information content (AvgIpc) is 3.32. The first-order valence-electron chi connectivity index (χ1n) is 6.90. The van der Waals surface area contributed by atoms with Crippen LogP contribution in [0.4, 0.5) is 0 Å². The van der Waals surface area contributed by atoms with E-state index < -0.39 is 5.97 Å². The second kappa shape index (κ2) is 7.12. The van der Waals surface area contributed by atoms with Crippen molar-refractivity contribution in [1.82, 2.24) is 29.7 Å². The Labute approximate surface area is 140 Å². The lowest BCUT2D eigenvalue weighted by Gasteiger charge is -2.07. The highest BCUT2D eigenvalue weighted by atomic mass is 16.5. The molecule has 11 nitrogen and oxygen atoms in total. The Morgan fingerprint density at radius 2 is 1.60 bits per heavy atom. The number of aromatic hydroxyl groups is 1. The lowest BCUT2D eigenvalue weighted by Crippen LogP contribution is -2.05. The predicted octanol–water partition coefficient (Wildman–Crippen LogP) is 0.126. The third-order valence-corrected chi connectivity index (χ3v) is 3.05. The number of carbonyl (C=O) groups is 1. The number of benzene rings is 1. The molecule has 1 aromatic carbocycles. The van der Waals surface area contributed by atoms with E-state index in [9.17, 15) is 9.90 Å². The zero-order valence-electron chi connectivity index (χ0n) is 13.0. The third-order valence-electron chi connectivity index (χ3n) is 3.05. The molecule has 0 bridgehead atoms. The molecular formula is C14H12N8O3. The zero-order chi connectivity index (χ0) is 17.6. The van der Waals surface area contributed by atoms with Gasteiger partial charge in [-0.15, -0.1) is 20.4 Å². The summed E-state index contributed by atoms with van der Waals surface area (Å²) >= 11 is 0. The predicted molar refractivity (Wildman–Crippen MR) is 85.5 cm³/mol. The second-order valence-corrected chi connectivity index (χ2v) is 4.67. The van der Waals surface area contributed by atoms with Crippen molar-refractivity contribution in [3.05, 3.63) is 54.1 Å². The smallest absolute Gasteiger partial charge is 0.341 e. The number of phenols is 1. The van der Waals surface area contributed by atoms with Gasteiger partial charge in [0.05, 0.1) is 19.5 Å². The largest absolute Gasteiger partial charge is 0.506 e. The van der Waals surface area contributed by atoms with Crippen LogP contribution in [0.15, 0.2) is 47.6 Å². The number of hydrogen-bond acceptors (Lipinski definition) is 9. The fourth-order valence-corrected chi connectivity index (χ4v) is 1.89. The van der Waals surface area contributed by atoms with Gasteiger partial charge >= 0.3 is 5.97 Å². The Bertz CT molecular complexity index is 916. The van der Waals surface area contributed by atoms with Gasteiger partial charge in [-0.2, -0.15) is 10.2 Å². The monoisotopic (exact) mass is 340 g/mol. The Morgan fingerprint density at radius 3 is 2.16 bits per heavy atom. The molecule has 0 amide bonds. The number of ether oxygens (including phenoxy) is 1. The molecule has 1 N–H and O–H groups in total. The van der Waals surface area contributed by atoms with E-state index in [0.29, 0.717) is 11.1 Å². The summed E-state index contributed by atoms with van der Waals surface area (Å²) in [7, 11) is 1.23. The van der Waals surface area contributed by atoms with Crippen LogP contribution in [0.25, 0.3) is 0 Å². The van der Waals surface area contributed by atoms with E-state index in [2.05, 4.69) is 35.3 Å². The summed E-state index contributed by atoms with van der Waals surface area (Å²) in [6.45, 7) is 0. The number of nitrogens with zero attached hydrogens (tertiary/aromatic N) is 8. The van der Waals surface area contributed by atoms with E-state index in [0.717, 1.165) is 0 Å². The molecule has 0 saturated carbocycles. The molecular weight excluding hydrogens is 328 g/mol. The summed E-state index contributed by atoms with van der Waals surface area (Å²) < 4.78 is 7.42. The fourth-order valence-electron chi connectivity index (χ4n) is 1.89. The minimum Gasteiger partial charge on any atom is -0.506 e. The van der Waals surface area contributed by atoms with Crippen LogP contribution in [0.1, 0.15) is 21.5 Å².